The molecular weight excluding hydrogens is 363 g/mol. The molecule has 2 aliphatic heterocycles. The molecule has 0 radical (unpaired) electrons. The van der Waals surface area contributed by atoms with Gasteiger partial charge < -0.3 is 24.6 Å². The summed E-state index contributed by atoms with van der Waals surface area (Å²) in [5.74, 6) is 1.07. The average Bonchev–Trinajstić information content (AvgIpc) is 3.23. The van der Waals surface area contributed by atoms with E-state index in [0.717, 1.165) is 31.9 Å². The van der Waals surface area contributed by atoms with Gasteiger partial charge in [0.1, 0.15) is 23.8 Å². The van der Waals surface area contributed by atoms with Crippen LogP contribution in [0.4, 0.5) is 4.39 Å². The Balaban J connectivity index is 1.43. The van der Waals surface area contributed by atoms with Crippen molar-refractivity contribution in [2.75, 3.05) is 46.4 Å². The lowest BCUT2D eigenvalue weighted by Gasteiger charge is -2.37. The third-order valence-corrected chi connectivity index (χ3v) is 4.99. The summed E-state index contributed by atoms with van der Waals surface area (Å²) in [5, 5.41) is 3.30. The van der Waals surface area contributed by atoms with Crippen molar-refractivity contribution in [2.45, 2.75) is 32.0 Å². The van der Waals surface area contributed by atoms with E-state index in [4.69, 9.17) is 9.47 Å². The maximum atomic E-state index is 13.3. The summed E-state index contributed by atoms with van der Waals surface area (Å²) in [6.07, 6.45) is 1.37. The predicted molar refractivity (Wildman–Crippen MR) is 105 cm³/mol. The first-order valence-corrected chi connectivity index (χ1v) is 9.85. The van der Waals surface area contributed by atoms with E-state index in [2.05, 4.69) is 15.2 Å². The van der Waals surface area contributed by atoms with Crippen LogP contribution in [0.5, 0.6) is 5.75 Å². The third-order valence-electron chi connectivity index (χ3n) is 4.99. The van der Waals surface area contributed by atoms with Crippen molar-refractivity contribution in [3.05, 3.63) is 30.1 Å². The predicted octanol–water partition coefficient (Wildman–Crippen LogP) is 1.49. The second-order valence-corrected chi connectivity index (χ2v) is 7.13. The van der Waals surface area contributed by atoms with Gasteiger partial charge in [-0.1, -0.05) is 6.07 Å². The summed E-state index contributed by atoms with van der Waals surface area (Å²) >= 11 is 0. The summed E-state index contributed by atoms with van der Waals surface area (Å²) in [5.41, 5.74) is 0. The van der Waals surface area contributed by atoms with Gasteiger partial charge in [0.05, 0.1) is 6.54 Å². The van der Waals surface area contributed by atoms with E-state index >= 15 is 0 Å². The fourth-order valence-corrected chi connectivity index (χ4v) is 3.50. The number of carbonyl (C=O) groups excluding carboxylic acids is 1. The number of ether oxygens (including phenoxy) is 2. The molecule has 0 aromatic heterocycles. The van der Waals surface area contributed by atoms with E-state index in [1.165, 1.54) is 12.1 Å². The first-order valence-electron chi connectivity index (χ1n) is 9.85. The second kappa shape index (κ2) is 9.73. The smallest absolute Gasteiger partial charge is 0.251 e. The fraction of sp³-hybridized carbons (Fsp3) is 0.600. The van der Waals surface area contributed by atoms with Gasteiger partial charge in [-0.05, 0) is 31.9 Å². The monoisotopic (exact) mass is 392 g/mol. The number of carbonyl (C=O) groups is 1. The van der Waals surface area contributed by atoms with Crippen molar-refractivity contribution in [3.63, 3.8) is 0 Å². The van der Waals surface area contributed by atoms with Crippen LogP contribution in [0.25, 0.3) is 0 Å². The molecule has 0 bridgehead atoms. The molecule has 154 valence electrons. The number of hydrogen-bond donors (Lipinski definition) is 1. The van der Waals surface area contributed by atoms with Crippen molar-refractivity contribution in [1.82, 2.24) is 15.1 Å². The molecule has 2 atom stereocenters. The molecule has 1 N–H and O–H groups in total. The highest BCUT2D eigenvalue weighted by Gasteiger charge is 2.30. The largest absolute Gasteiger partial charge is 0.489 e. The molecule has 1 amide bonds. The topological polar surface area (TPSA) is 66.4 Å². The van der Waals surface area contributed by atoms with E-state index in [-0.39, 0.29) is 23.9 Å². The second-order valence-electron chi connectivity index (χ2n) is 7.13. The summed E-state index contributed by atoms with van der Waals surface area (Å²) in [6, 6.07) is 6.12. The van der Waals surface area contributed by atoms with E-state index < -0.39 is 0 Å². The lowest BCUT2D eigenvalue weighted by atomic mass is 10.2. The van der Waals surface area contributed by atoms with Crippen molar-refractivity contribution in [1.29, 1.82) is 0 Å². The van der Waals surface area contributed by atoms with Gasteiger partial charge in [-0.3, -0.25) is 9.79 Å². The van der Waals surface area contributed by atoms with E-state index in [9.17, 15) is 9.18 Å². The number of aliphatic imine (C=N–C) groups is 1. The molecule has 1 aromatic carbocycles. The Kier molecular flexibility index (Phi) is 7.08. The Hall–Kier alpha value is -2.35. The summed E-state index contributed by atoms with van der Waals surface area (Å²) < 4.78 is 24.5. The lowest BCUT2D eigenvalue weighted by molar-refractivity contribution is -0.142. The van der Waals surface area contributed by atoms with Crippen LogP contribution in [0.15, 0.2) is 29.3 Å². The molecule has 2 fully saturated rings. The zero-order valence-electron chi connectivity index (χ0n) is 16.6. The number of nitrogens with zero attached hydrogens (tertiary/aromatic N) is 3. The summed E-state index contributed by atoms with van der Waals surface area (Å²) in [7, 11) is 1.74. The quantitative estimate of drug-likeness (QED) is 0.608. The Bertz CT molecular complexity index is 686. The Morgan fingerprint density at radius 1 is 1.36 bits per heavy atom. The minimum absolute atomic E-state index is 0.109. The number of guanidine groups is 1. The van der Waals surface area contributed by atoms with Crippen molar-refractivity contribution < 1.29 is 18.7 Å². The van der Waals surface area contributed by atoms with Gasteiger partial charge in [-0.2, -0.15) is 0 Å². The zero-order valence-corrected chi connectivity index (χ0v) is 16.6. The minimum atomic E-state index is -0.316. The Morgan fingerprint density at radius 3 is 2.75 bits per heavy atom. The van der Waals surface area contributed by atoms with Gasteiger partial charge in [0.15, 0.2) is 5.96 Å². The summed E-state index contributed by atoms with van der Waals surface area (Å²) in [6.45, 7) is 5.91. The molecule has 7 nitrogen and oxygen atoms in total. The minimum Gasteiger partial charge on any atom is -0.489 e. The highest BCUT2D eigenvalue weighted by molar-refractivity contribution is 5.82. The van der Waals surface area contributed by atoms with Gasteiger partial charge in [-0.15, -0.1) is 0 Å². The van der Waals surface area contributed by atoms with Crippen LogP contribution < -0.4 is 10.1 Å². The standard InChI is InChI=1S/C20H29FN4O3/c1-15(28-17-6-3-5-16(21)13-17)14-23-20(22-2)25-10-8-24(9-11-25)19(26)18-7-4-12-27-18/h3,5-6,13,15,18H,4,7-12,14H2,1-2H3,(H,22,23). The maximum absolute atomic E-state index is 13.3. The summed E-state index contributed by atoms with van der Waals surface area (Å²) in [4.78, 5) is 20.8. The van der Waals surface area contributed by atoms with E-state index in [0.29, 0.717) is 32.0 Å². The number of rotatable bonds is 5. The molecule has 0 aliphatic carbocycles. The van der Waals surface area contributed by atoms with Crippen LogP contribution in [-0.4, -0.2) is 80.3 Å². The SMILES string of the molecule is CN=C(NCC(C)Oc1cccc(F)c1)N1CCN(C(=O)C2CCCO2)CC1. The molecule has 2 saturated heterocycles. The molecule has 0 saturated carbocycles. The Labute approximate surface area is 165 Å². The average molecular weight is 392 g/mol. The van der Waals surface area contributed by atoms with Gasteiger partial charge in [-0.25, -0.2) is 4.39 Å². The van der Waals surface area contributed by atoms with Crippen LogP contribution in [0.3, 0.4) is 0 Å². The molecule has 2 unspecified atom stereocenters. The number of piperazine rings is 1. The highest BCUT2D eigenvalue weighted by atomic mass is 19.1. The van der Waals surface area contributed by atoms with Gasteiger partial charge >= 0.3 is 0 Å². The number of halogens is 1. The maximum Gasteiger partial charge on any atom is 0.251 e. The van der Waals surface area contributed by atoms with Crippen LogP contribution in [0.2, 0.25) is 0 Å². The van der Waals surface area contributed by atoms with Crippen LogP contribution in [0, 0.1) is 5.82 Å². The number of hydrogen-bond acceptors (Lipinski definition) is 4. The van der Waals surface area contributed by atoms with Crippen molar-refractivity contribution in [2.24, 2.45) is 4.99 Å². The van der Waals surface area contributed by atoms with Gasteiger partial charge in [0, 0.05) is 45.9 Å². The van der Waals surface area contributed by atoms with Crippen LogP contribution >= 0.6 is 0 Å². The third kappa shape index (κ3) is 5.34. The first-order chi connectivity index (χ1) is 13.6. The first kappa shape index (κ1) is 20.4. The molecule has 2 heterocycles. The molecule has 28 heavy (non-hydrogen) atoms. The zero-order chi connectivity index (χ0) is 19.9. The van der Waals surface area contributed by atoms with E-state index in [1.54, 1.807) is 19.2 Å². The van der Waals surface area contributed by atoms with Gasteiger partial charge in [0.25, 0.3) is 5.91 Å². The molecule has 3 rings (SSSR count). The van der Waals surface area contributed by atoms with Crippen LogP contribution in [0.1, 0.15) is 19.8 Å². The van der Waals surface area contributed by atoms with Crippen molar-refractivity contribution in [3.8, 4) is 5.75 Å². The van der Waals surface area contributed by atoms with Crippen molar-refractivity contribution >= 4 is 11.9 Å². The molecule has 8 heteroatoms. The Morgan fingerprint density at radius 2 is 2.11 bits per heavy atom. The molecular formula is C20H29FN4O3. The lowest BCUT2D eigenvalue weighted by Crippen LogP contribution is -2.55. The molecule has 0 spiro atoms. The normalized spacial score (nSPS) is 21.5. The van der Waals surface area contributed by atoms with E-state index in [1.807, 2.05) is 11.8 Å². The van der Waals surface area contributed by atoms with Gasteiger partial charge in [0.2, 0.25) is 0 Å². The highest BCUT2D eigenvalue weighted by Crippen LogP contribution is 2.16. The number of nitrogens with one attached hydrogen (secondary N) is 1. The number of amides is 1. The number of benzene rings is 1. The fourth-order valence-electron chi connectivity index (χ4n) is 3.50. The molecule has 1 aromatic rings. The van der Waals surface area contributed by atoms with Crippen LogP contribution in [-0.2, 0) is 9.53 Å². The molecule has 2 aliphatic rings.